The van der Waals surface area contributed by atoms with Crippen molar-refractivity contribution in [2.75, 3.05) is 52.4 Å². The summed E-state index contributed by atoms with van der Waals surface area (Å²) < 4.78 is 28.3. The molecule has 0 bridgehead atoms. The SMILES string of the molecule is CCCCCCCCCCCCCCSCC(COP(=O)(O)OCC[N+](C)(C)C)OC(=O)CC. The second-order valence-corrected chi connectivity index (χ2v) is 12.6. The van der Waals surface area contributed by atoms with E-state index in [4.69, 9.17) is 13.8 Å². The summed E-state index contributed by atoms with van der Waals surface area (Å²) in [5, 5.41) is 0. The highest BCUT2D eigenvalue weighted by molar-refractivity contribution is 7.99. The van der Waals surface area contributed by atoms with Gasteiger partial charge in [-0.05, 0) is 12.2 Å². The number of carbonyl (C=O) groups excluding carboxylic acids is 1. The third-order valence-electron chi connectivity index (χ3n) is 5.47. The molecule has 0 aromatic rings. The Balaban J connectivity index is 3.96. The van der Waals surface area contributed by atoms with Gasteiger partial charge in [0.15, 0.2) is 0 Å². The highest BCUT2D eigenvalue weighted by atomic mass is 32.2. The van der Waals surface area contributed by atoms with Crippen LogP contribution in [-0.2, 0) is 23.1 Å². The van der Waals surface area contributed by atoms with Gasteiger partial charge in [0.05, 0.1) is 27.7 Å². The molecule has 2 atom stereocenters. The Kier molecular flexibility index (Phi) is 21.0. The van der Waals surface area contributed by atoms with Crippen LogP contribution in [0.15, 0.2) is 0 Å². The van der Waals surface area contributed by atoms with Gasteiger partial charge in [-0.1, -0.05) is 84.5 Å². The monoisotopic (exact) mass is 526 g/mol. The first-order chi connectivity index (χ1) is 16.1. The summed E-state index contributed by atoms with van der Waals surface area (Å²) in [7, 11) is 1.75. The molecule has 0 amide bonds. The number of quaternary nitrogens is 1. The van der Waals surface area contributed by atoms with Crippen molar-refractivity contribution in [3.63, 3.8) is 0 Å². The maximum atomic E-state index is 12.1. The number of rotatable bonds is 24. The van der Waals surface area contributed by atoms with Crippen molar-refractivity contribution in [3.8, 4) is 0 Å². The predicted molar refractivity (Wildman–Crippen MR) is 143 cm³/mol. The lowest BCUT2D eigenvalue weighted by Crippen LogP contribution is -2.37. The van der Waals surface area contributed by atoms with Crippen LogP contribution in [0, 0.1) is 0 Å². The van der Waals surface area contributed by atoms with E-state index >= 15 is 0 Å². The van der Waals surface area contributed by atoms with Crippen LogP contribution >= 0.6 is 19.6 Å². The van der Waals surface area contributed by atoms with E-state index in [-0.39, 0.29) is 25.6 Å². The van der Waals surface area contributed by atoms with Gasteiger partial charge in [-0.25, -0.2) is 4.57 Å². The second-order valence-electron chi connectivity index (χ2n) is 10.0. The number of thioether (sulfide) groups is 1. The Morgan fingerprint density at radius 1 is 0.882 bits per heavy atom. The van der Waals surface area contributed by atoms with Gasteiger partial charge >= 0.3 is 13.8 Å². The van der Waals surface area contributed by atoms with Gasteiger partial charge in [0.1, 0.15) is 19.3 Å². The zero-order chi connectivity index (χ0) is 25.7. The highest BCUT2D eigenvalue weighted by Crippen LogP contribution is 2.43. The van der Waals surface area contributed by atoms with Crippen LogP contribution in [0.2, 0.25) is 0 Å². The van der Waals surface area contributed by atoms with Gasteiger partial charge in [-0.3, -0.25) is 13.8 Å². The van der Waals surface area contributed by atoms with Gasteiger partial charge in [-0.15, -0.1) is 0 Å². The molecule has 0 aliphatic heterocycles. The number of phosphoric acid groups is 1. The average molecular weight is 527 g/mol. The van der Waals surface area contributed by atoms with Gasteiger partial charge in [0.25, 0.3) is 0 Å². The lowest BCUT2D eigenvalue weighted by Gasteiger charge is -2.24. The molecule has 0 fully saturated rings. The minimum Gasteiger partial charge on any atom is -0.459 e. The molecule has 0 saturated carbocycles. The van der Waals surface area contributed by atoms with E-state index in [2.05, 4.69) is 6.92 Å². The average Bonchev–Trinajstić information content (AvgIpc) is 2.76. The molecule has 0 spiro atoms. The maximum Gasteiger partial charge on any atom is 0.472 e. The zero-order valence-electron chi connectivity index (χ0n) is 22.6. The molecule has 0 heterocycles. The van der Waals surface area contributed by atoms with E-state index in [1.54, 1.807) is 18.7 Å². The molecular formula is C25H53NO6PS+. The number of unbranched alkanes of at least 4 members (excludes halogenated alkanes) is 11. The van der Waals surface area contributed by atoms with Crippen molar-refractivity contribution in [3.05, 3.63) is 0 Å². The number of ether oxygens (including phenoxy) is 1. The largest absolute Gasteiger partial charge is 0.472 e. The quantitative estimate of drug-likeness (QED) is 0.0658. The number of nitrogens with zero attached hydrogens (tertiary/aromatic N) is 1. The number of carbonyl (C=O) groups is 1. The van der Waals surface area contributed by atoms with E-state index < -0.39 is 13.9 Å². The van der Waals surface area contributed by atoms with Crippen molar-refractivity contribution in [1.82, 2.24) is 0 Å². The van der Waals surface area contributed by atoms with Crippen molar-refractivity contribution >= 4 is 25.6 Å². The summed E-state index contributed by atoms with van der Waals surface area (Å²) in [6.07, 6.45) is 15.6. The Hall–Kier alpha value is -0.110. The highest BCUT2D eigenvalue weighted by Gasteiger charge is 2.25. The number of hydrogen-bond acceptors (Lipinski definition) is 6. The Labute approximate surface area is 213 Å². The fourth-order valence-corrected chi connectivity index (χ4v) is 5.03. The Morgan fingerprint density at radius 3 is 1.91 bits per heavy atom. The lowest BCUT2D eigenvalue weighted by atomic mass is 10.1. The molecule has 9 heteroatoms. The standard InChI is InChI=1S/C25H52NO6PS/c1-6-8-9-10-11-12-13-14-15-16-17-18-21-34-23-24(32-25(27)7-2)22-31-33(28,29)30-20-19-26(3,4)5/h24H,6-23H2,1-5H3/p+1. The topological polar surface area (TPSA) is 82.1 Å². The van der Waals surface area contributed by atoms with Crippen LogP contribution in [0.5, 0.6) is 0 Å². The maximum absolute atomic E-state index is 12.1. The number of esters is 1. The lowest BCUT2D eigenvalue weighted by molar-refractivity contribution is -0.870. The Morgan fingerprint density at radius 2 is 1.41 bits per heavy atom. The van der Waals surface area contributed by atoms with E-state index in [1.165, 1.54) is 70.6 Å². The summed E-state index contributed by atoms with van der Waals surface area (Å²) in [5.74, 6) is 1.19. The summed E-state index contributed by atoms with van der Waals surface area (Å²) in [6.45, 7) is 4.54. The van der Waals surface area contributed by atoms with E-state index in [9.17, 15) is 14.3 Å². The molecule has 7 nitrogen and oxygen atoms in total. The van der Waals surface area contributed by atoms with Gasteiger partial charge in [0.2, 0.25) is 0 Å². The summed E-state index contributed by atoms with van der Waals surface area (Å²) in [4.78, 5) is 21.6. The predicted octanol–water partition coefficient (Wildman–Crippen LogP) is 6.58. The molecule has 0 aromatic heterocycles. The Bertz CT molecular complexity index is 544. The van der Waals surface area contributed by atoms with Crippen LogP contribution in [0.1, 0.15) is 97.3 Å². The molecule has 34 heavy (non-hydrogen) atoms. The minimum absolute atomic E-state index is 0.115. The van der Waals surface area contributed by atoms with Crippen molar-refractivity contribution in [1.29, 1.82) is 0 Å². The van der Waals surface area contributed by atoms with Crippen LogP contribution in [0.25, 0.3) is 0 Å². The van der Waals surface area contributed by atoms with Gasteiger partial charge in [-0.2, -0.15) is 11.8 Å². The molecular weight excluding hydrogens is 473 g/mol. The van der Waals surface area contributed by atoms with Gasteiger partial charge < -0.3 is 14.1 Å². The molecule has 2 unspecified atom stereocenters. The molecule has 204 valence electrons. The first kappa shape index (κ1) is 33.9. The van der Waals surface area contributed by atoms with Crippen LogP contribution in [-0.4, -0.2) is 73.9 Å². The molecule has 0 aliphatic carbocycles. The van der Waals surface area contributed by atoms with Crippen LogP contribution in [0.4, 0.5) is 0 Å². The normalized spacial score (nSPS) is 14.6. The number of hydrogen-bond donors (Lipinski definition) is 1. The van der Waals surface area contributed by atoms with Crippen molar-refractivity contribution in [2.45, 2.75) is 103 Å². The van der Waals surface area contributed by atoms with E-state index in [1.807, 2.05) is 21.1 Å². The summed E-state index contributed by atoms with van der Waals surface area (Å²) in [6, 6.07) is 0. The molecule has 0 aromatic carbocycles. The number of likely N-dealkylation sites (N-methyl/N-ethyl adjacent to an activating group) is 1. The molecule has 0 rings (SSSR count). The zero-order valence-corrected chi connectivity index (χ0v) is 24.3. The third kappa shape index (κ3) is 23.6. The van der Waals surface area contributed by atoms with Crippen LogP contribution < -0.4 is 0 Å². The van der Waals surface area contributed by atoms with E-state index in [0.29, 0.717) is 16.8 Å². The van der Waals surface area contributed by atoms with Crippen molar-refractivity contribution in [2.24, 2.45) is 0 Å². The smallest absolute Gasteiger partial charge is 0.459 e. The molecule has 0 saturated heterocycles. The fraction of sp³-hybridized carbons (Fsp3) is 0.960. The first-order valence-electron chi connectivity index (χ1n) is 13.3. The fourth-order valence-electron chi connectivity index (χ4n) is 3.29. The third-order valence-corrected chi connectivity index (χ3v) is 7.64. The van der Waals surface area contributed by atoms with E-state index in [0.717, 1.165) is 12.2 Å². The van der Waals surface area contributed by atoms with Gasteiger partial charge in [0, 0.05) is 12.2 Å². The van der Waals surface area contributed by atoms with Crippen LogP contribution in [0.3, 0.4) is 0 Å². The van der Waals surface area contributed by atoms with Crippen molar-refractivity contribution < 1.29 is 32.5 Å². The molecule has 0 radical (unpaired) electrons. The molecule has 1 N–H and O–H groups in total. The second kappa shape index (κ2) is 21.0. The summed E-state index contributed by atoms with van der Waals surface area (Å²) >= 11 is 1.70. The minimum atomic E-state index is -4.17. The number of phosphoric ester groups is 1. The summed E-state index contributed by atoms with van der Waals surface area (Å²) in [5.41, 5.74) is 0. The molecule has 0 aliphatic rings. The first-order valence-corrected chi connectivity index (χ1v) is 15.9.